The quantitative estimate of drug-likeness (QED) is 0.382. The number of aromatic nitrogens is 4. The van der Waals surface area contributed by atoms with Crippen molar-refractivity contribution in [2.45, 2.75) is 43.9 Å². The third kappa shape index (κ3) is 2.55. The second-order valence-corrected chi connectivity index (χ2v) is 12.1. The molecule has 1 fully saturated rings. The Bertz CT molecular complexity index is 1160. The molecule has 0 saturated carbocycles. The minimum atomic E-state index is -1.11. The zero-order valence-corrected chi connectivity index (χ0v) is 19.9. The number of fused-ring (bicyclic) bond motifs is 2. The lowest BCUT2D eigenvalue weighted by Crippen LogP contribution is -2.53. The lowest BCUT2D eigenvalue weighted by Gasteiger charge is -2.46. The van der Waals surface area contributed by atoms with Crippen molar-refractivity contribution in [2.75, 3.05) is 18.0 Å². The van der Waals surface area contributed by atoms with E-state index in [1.807, 2.05) is 24.8 Å². The number of anilines is 1. The molecule has 5 heterocycles. The van der Waals surface area contributed by atoms with Crippen LogP contribution in [-0.4, -0.2) is 37.0 Å². The van der Waals surface area contributed by atoms with Gasteiger partial charge in [-0.1, -0.05) is 0 Å². The van der Waals surface area contributed by atoms with Crippen molar-refractivity contribution in [3.05, 3.63) is 51.2 Å². The maximum atomic E-state index is 13.1. The Balaban J connectivity index is 1.33. The van der Waals surface area contributed by atoms with Gasteiger partial charge in [0.25, 0.3) is 0 Å². The summed E-state index contributed by atoms with van der Waals surface area (Å²) in [5, 5.41) is 0. The van der Waals surface area contributed by atoms with Crippen LogP contribution in [-0.2, 0) is 22.5 Å². The summed E-state index contributed by atoms with van der Waals surface area (Å²) in [6.07, 6.45) is 10.6. The minimum absolute atomic E-state index is 0.0609. The summed E-state index contributed by atoms with van der Waals surface area (Å²) < 4.78 is 19.3. The van der Waals surface area contributed by atoms with Crippen LogP contribution in [0.5, 0.6) is 0 Å². The fraction of sp³-hybridized carbons (Fsp3) is 0.476. The number of imidazole rings is 1. The smallest absolute Gasteiger partial charge is 0.211 e. The summed E-state index contributed by atoms with van der Waals surface area (Å²) in [5.74, 6) is 0.952. The molecule has 3 aliphatic rings. The number of pyridine rings is 1. The molecule has 1 N–H and O–H groups in total. The van der Waals surface area contributed by atoms with Crippen molar-refractivity contribution in [3.8, 4) is 0 Å². The van der Waals surface area contributed by atoms with Crippen LogP contribution in [0.4, 0.5) is 5.95 Å². The van der Waals surface area contributed by atoms with E-state index in [0.29, 0.717) is 0 Å². The average Bonchev–Trinajstić information content (AvgIpc) is 3.33. The van der Waals surface area contributed by atoms with Crippen LogP contribution >= 0.6 is 22.6 Å². The van der Waals surface area contributed by atoms with Gasteiger partial charge in [-0.2, -0.15) is 0 Å². The molecule has 1 saturated heterocycles. The molecule has 2 aliphatic heterocycles. The van der Waals surface area contributed by atoms with Gasteiger partial charge in [-0.05, 0) is 61.8 Å². The van der Waals surface area contributed by atoms with Crippen LogP contribution in [0.25, 0.3) is 5.65 Å². The van der Waals surface area contributed by atoms with E-state index in [2.05, 4.69) is 61.5 Å². The van der Waals surface area contributed by atoms with Crippen LogP contribution in [0, 0.1) is 8.99 Å². The number of nitrogens with zero attached hydrogens (tertiary/aromatic N) is 5. The van der Waals surface area contributed by atoms with Crippen LogP contribution in [0.1, 0.15) is 49.6 Å². The highest BCUT2D eigenvalue weighted by atomic mass is 127. The van der Waals surface area contributed by atoms with Gasteiger partial charge in [-0.3, -0.25) is 9.38 Å². The summed E-state index contributed by atoms with van der Waals surface area (Å²) in [4.78, 5) is 16.3. The normalized spacial score (nSPS) is 26.3. The largest absolute Gasteiger partial charge is 0.597 e. The van der Waals surface area contributed by atoms with E-state index < -0.39 is 16.1 Å². The predicted octanol–water partition coefficient (Wildman–Crippen LogP) is 3.11. The molecule has 0 amide bonds. The molecule has 2 atom stereocenters. The topological polar surface area (TPSA) is 81.4 Å². The molecule has 0 unspecified atom stereocenters. The molecule has 0 aromatic carbocycles. The maximum absolute atomic E-state index is 13.1. The summed E-state index contributed by atoms with van der Waals surface area (Å²) in [7, 11) is 0. The van der Waals surface area contributed by atoms with Gasteiger partial charge in [0.15, 0.2) is 10.4 Å². The van der Waals surface area contributed by atoms with Crippen LogP contribution in [0.2, 0.25) is 0 Å². The molecule has 9 heteroatoms. The summed E-state index contributed by atoms with van der Waals surface area (Å²) in [5.41, 5.74) is 4.71. The molecule has 3 aromatic rings. The third-order valence-corrected chi connectivity index (χ3v) is 9.59. The first kappa shape index (κ1) is 19.3. The summed E-state index contributed by atoms with van der Waals surface area (Å²) >= 11 is 1.17. The predicted molar refractivity (Wildman–Crippen MR) is 125 cm³/mol. The number of rotatable bonds is 1. The van der Waals surface area contributed by atoms with Crippen molar-refractivity contribution >= 4 is 45.5 Å². The highest BCUT2D eigenvalue weighted by molar-refractivity contribution is 14.1. The number of nitrogens with one attached hydrogen (secondary N) is 1. The molecule has 0 radical (unpaired) electrons. The van der Waals surface area contributed by atoms with Crippen LogP contribution in [0.3, 0.4) is 0 Å². The molecular weight excluding hydrogens is 511 g/mol. The van der Waals surface area contributed by atoms with Gasteiger partial charge in [-0.25, -0.2) is 9.97 Å². The van der Waals surface area contributed by atoms with E-state index in [0.717, 1.165) is 47.5 Å². The zero-order valence-electron chi connectivity index (χ0n) is 16.9. The van der Waals surface area contributed by atoms with Crippen molar-refractivity contribution in [1.82, 2.24) is 24.1 Å². The first-order valence-electron chi connectivity index (χ1n) is 10.3. The van der Waals surface area contributed by atoms with Crippen LogP contribution in [0.15, 0.2) is 30.9 Å². The molecule has 30 heavy (non-hydrogen) atoms. The third-order valence-electron chi connectivity index (χ3n) is 7.24. The summed E-state index contributed by atoms with van der Waals surface area (Å²) in [6, 6.07) is 2.19. The molecule has 1 spiro atoms. The van der Waals surface area contributed by atoms with Gasteiger partial charge in [0, 0.05) is 71.5 Å². The monoisotopic (exact) mass is 534 g/mol. The number of piperidine rings is 1. The molecule has 7 nitrogen and oxygen atoms in total. The summed E-state index contributed by atoms with van der Waals surface area (Å²) in [6.45, 7) is 5.96. The average molecular weight is 534 g/mol. The molecule has 3 aromatic heterocycles. The lowest BCUT2D eigenvalue weighted by atomic mass is 9.72. The highest BCUT2D eigenvalue weighted by Gasteiger charge is 2.57. The van der Waals surface area contributed by atoms with Crippen molar-refractivity contribution in [3.63, 3.8) is 0 Å². The number of hydrogen-bond donors (Lipinski definition) is 1. The Morgan fingerprint density at radius 3 is 2.80 bits per heavy atom. The standard InChI is InChI=1S/C21H23IN6OS/c1-20(2)13-3-6-23-15-11-21(17(16(13)15)26-30(20)29)4-8-27(9-5-21)19-25-12-14(22)18-24-7-10-28(18)19/h3,6-7,10,12,17,26H,4-5,8-9,11H2,1-2H3/t17-,30-/m1/s1. The molecule has 1 aliphatic carbocycles. The van der Waals surface area contributed by atoms with E-state index in [1.54, 1.807) is 0 Å². The van der Waals surface area contributed by atoms with E-state index in [4.69, 9.17) is 9.97 Å². The van der Waals surface area contributed by atoms with E-state index in [-0.39, 0.29) is 11.5 Å². The Labute approximate surface area is 192 Å². The van der Waals surface area contributed by atoms with E-state index in [1.165, 1.54) is 16.8 Å². The first-order chi connectivity index (χ1) is 14.4. The van der Waals surface area contributed by atoms with Gasteiger partial charge < -0.3 is 9.45 Å². The second kappa shape index (κ2) is 6.54. The van der Waals surface area contributed by atoms with Gasteiger partial charge in [0.2, 0.25) is 5.95 Å². The number of halogens is 1. The minimum Gasteiger partial charge on any atom is -0.597 e. The fourth-order valence-electron chi connectivity index (χ4n) is 5.51. The maximum Gasteiger partial charge on any atom is 0.211 e. The second-order valence-electron chi connectivity index (χ2n) is 9.10. The molecule has 0 bridgehead atoms. The number of hydrogen-bond acceptors (Lipinski definition) is 6. The Hall–Kier alpha value is -1.43. The van der Waals surface area contributed by atoms with Crippen molar-refractivity contribution in [1.29, 1.82) is 0 Å². The van der Waals surface area contributed by atoms with Crippen molar-refractivity contribution < 1.29 is 4.55 Å². The molecule has 156 valence electrons. The van der Waals surface area contributed by atoms with Crippen LogP contribution < -0.4 is 9.62 Å². The Kier molecular flexibility index (Phi) is 4.20. The van der Waals surface area contributed by atoms with Gasteiger partial charge in [0.05, 0.1) is 9.61 Å². The van der Waals surface area contributed by atoms with Gasteiger partial charge in [-0.15, -0.1) is 4.72 Å². The lowest BCUT2D eigenvalue weighted by molar-refractivity contribution is 0.172. The fourth-order valence-corrected chi connectivity index (χ4v) is 7.30. The van der Waals surface area contributed by atoms with Crippen molar-refractivity contribution in [2.24, 2.45) is 5.41 Å². The van der Waals surface area contributed by atoms with E-state index >= 15 is 0 Å². The Morgan fingerprint density at radius 2 is 2.00 bits per heavy atom. The SMILES string of the molecule is CC1(C)c2ccnc3c2[C@@H](N[S@+]1[O-])C1(CCN(c2ncc(I)c4nccn24)CC1)C3. The van der Waals surface area contributed by atoms with Gasteiger partial charge in [0.1, 0.15) is 0 Å². The Morgan fingerprint density at radius 1 is 1.20 bits per heavy atom. The zero-order chi connectivity index (χ0) is 20.7. The first-order valence-corrected chi connectivity index (χ1v) is 12.5. The molecular formula is C21H23IN6OS. The molecule has 6 rings (SSSR count). The van der Waals surface area contributed by atoms with E-state index in [9.17, 15) is 4.55 Å². The van der Waals surface area contributed by atoms with Gasteiger partial charge >= 0.3 is 0 Å². The highest BCUT2D eigenvalue weighted by Crippen LogP contribution is 2.57.